The van der Waals surface area contributed by atoms with Crippen molar-refractivity contribution in [1.82, 2.24) is 15.2 Å². The fourth-order valence-electron chi connectivity index (χ4n) is 3.22. The highest BCUT2D eigenvalue weighted by Gasteiger charge is 2.19. The van der Waals surface area contributed by atoms with E-state index in [1.807, 2.05) is 6.07 Å². The minimum Gasteiger partial charge on any atom is -0.396 e. The lowest BCUT2D eigenvalue weighted by Gasteiger charge is -2.33. The predicted molar refractivity (Wildman–Crippen MR) is 113 cm³/mol. The summed E-state index contributed by atoms with van der Waals surface area (Å²) in [5.74, 6) is 0.423. The van der Waals surface area contributed by atoms with Crippen molar-refractivity contribution in [2.45, 2.75) is 6.42 Å². The van der Waals surface area contributed by atoms with E-state index in [0.717, 1.165) is 37.3 Å². The van der Waals surface area contributed by atoms with Crippen LogP contribution in [0.5, 0.6) is 0 Å². The molecule has 7 nitrogen and oxygen atoms in total. The van der Waals surface area contributed by atoms with E-state index in [4.69, 9.17) is 16.7 Å². The summed E-state index contributed by atoms with van der Waals surface area (Å²) in [5.41, 5.74) is 2.45. The first-order valence-corrected chi connectivity index (χ1v) is 9.94. The summed E-state index contributed by atoms with van der Waals surface area (Å²) in [5, 5.41) is 21.5. The van der Waals surface area contributed by atoms with Crippen molar-refractivity contribution in [3.05, 3.63) is 46.6 Å². The number of nitrogens with zero attached hydrogens (tertiary/aromatic N) is 4. The molecule has 1 aliphatic heterocycles. The van der Waals surface area contributed by atoms with Crippen molar-refractivity contribution in [2.24, 2.45) is 0 Å². The number of aliphatic hydroxyl groups is 1. The third-order valence-corrected chi connectivity index (χ3v) is 5.27. The summed E-state index contributed by atoms with van der Waals surface area (Å²) in [6, 6.07) is 9.22. The van der Waals surface area contributed by atoms with E-state index in [0.29, 0.717) is 34.9 Å². The second-order valence-electron chi connectivity index (χ2n) is 7.02. The first-order valence-electron chi connectivity index (χ1n) is 9.56. The lowest BCUT2D eigenvalue weighted by atomic mass is 10.0. The van der Waals surface area contributed by atoms with Gasteiger partial charge in [-0.3, -0.25) is 4.79 Å². The zero-order chi connectivity index (χ0) is 20.8. The largest absolute Gasteiger partial charge is 0.396 e. The van der Waals surface area contributed by atoms with E-state index in [9.17, 15) is 10.1 Å². The van der Waals surface area contributed by atoms with Crippen LogP contribution < -0.4 is 10.2 Å². The number of halogens is 1. The molecule has 0 spiro atoms. The van der Waals surface area contributed by atoms with Gasteiger partial charge in [0, 0.05) is 51.1 Å². The molecule has 1 aliphatic rings. The number of carbonyl (C=O) groups is 1. The van der Waals surface area contributed by atoms with E-state index in [-0.39, 0.29) is 12.5 Å². The monoisotopic (exact) mass is 413 g/mol. The van der Waals surface area contributed by atoms with Crippen LogP contribution in [-0.2, 0) is 0 Å². The van der Waals surface area contributed by atoms with Gasteiger partial charge >= 0.3 is 0 Å². The molecule has 0 atom stereocenters. The average Bonchev–Trinajstić information content (AvgIpc) is 2.74. The summed E-state index contributed by atoms with van der Waals surface area (Å²) in [7, 11) is 2.08. The molecule has 29 heavy (non-hydrogen) atoms. The molecule has 0 bridgehead atoms. The van der Waals surface area contributed by atoms with E-state index in [1.165, 1.54) is 0 Å². The molecule has 1 fully saturated rings. The quantitative estimate of drug-likeness (QED) is 0.705. The standard InChI is InChI=1S/C21H24ClN5O2/c1-26-6-8-27(9-7-26)20-16(13-23)11-17(14-25-20)15-3-4-18(19(22)12-15)21(29)24-5-2-10-28/h3-4,11-12,14,28H,2,5-10H2,1H3,(H,24,29). The van der Waals surface area contributed by atoms with E-state index >= 15 is 0 Å². The topological polar surface area (TPSA) is 92.5 Å². The van der Waals surface area contributed by atoms with E-state index in [1.54, 1.807) is 24.4 Å². The maximum Gasteiger partial charge on any atom is 0.252 e. The molecule has 1 aromatic carbocycles. The number of piperazine rings is 1. The normalized spacial score (nSPS) is 14.5. The van der Waals surface area contributed by atoms with Gasteiger partial charge in [-0.15, -0.1) is 0 Å². The van der Waals surface area contributed by atoms with Crippen molar-refractivity contribution in [3.8, 4) is 17.2 Å². The highest BCUT2D eigenvalue weighted by atomic mass is 35.5. The van der Waals surface area contributed by atoms with Gasteiger partial charge in [-0.25, -0.2) is 4.98 Å². The van der Waals surface area contributed by atoms with Crippen molar-refractivity contribution >= 4 is 23.3 Å². The summed E-state index contributed by atoms with van der Waals surface area (Å²) in [4.78, 5) is 21.1. The molecule has 1 saturated heterocycles. The summed E-state index contributed by atoms with van der Waals surface area (Å²) < 4.78 is 0. The molecular formula is C21H24ClN5O2. The number of anilines is 1. The van der Waals surface area contributed by atoms with Crippen LogP contribution in [0.25, 0.3) is 11.1 Å². The highest BCUT2D eigenvalue weighted by molar-refractivity contribution is 6.34. The van der Waals surface area contributed by atoms with Crippen molar-refractivity contribution < 1.29 is 9.90 Å². The van der Waals surface area contributed by atoms with Crippen LogP contribution >= 0.6 is 11.6 Å². The Bertz CT molecular complexity index is 920. The molecule has 8 heteroatoms. The molecule has 2 N–H and O–H groups in total. The third kappa shape index (κ3) is 5.04. The molecule has 0 radical (unpaired) electrons. The first kappa shape index (κ1) is 21.1. The van der Waals surface area contributed by atoms with E-state index < -0.39 is 0 Å². The number of aliphatic hydroxyl groups excluding tert-OH is 1. The van der Waals surface area contributed by atoms with Gasteiger partial charge in [0.2, 0.25) is 0 Å². The van der Waals surface area contributed by atoms with Gasteiger partial charge in [0.25, 0.3) is 5.91 Å². The molecule has 2 aromatic rings. The number of hydrogen-bond acceptors (Lipinski definition) is 6. The number of amides is 1. The lowest BCUT2D eigenvalue weighted by Crippen LogP contribution is -2.45. The Balaban J connectivity index is 1.81. The Morgan fingerprint density at radius 3 is 2.69 bits per heavy atom. The molecule has 1 amide bonds. The second-order valence-corrected chi connectivity index (χ2v) is 7.43. The summed E-state index contributed by atoms with van der Waals surface area (Å²) in [6.45, 7) is 3.95. The van der Waals surface area contributed by atoms with Crippen molar-refractivity contribution in [2.75, 3.05) is 51.3 Å². The second kappa shape index (κ2) is 9.70. The van der Waals surface area contributed by atoms with Gasteiger partial charge in [-0.1, -0.05) is 17.7 Å². The van der Waals surface area contributed by atoms with Crippen LogP contribution in [0, 0.1) is 11.3 Å². The predicted octanol–water partition coefficient (Wildman–Crippen LogP) is 2.14. The molecule has 0 saturated carbocycles. The fraction of sp³-hybridized carbons (Fsp3) is 0.381. The smallest absolute Gasteiger partial charge is 0.252 e. The minimum absolute atomic E-state index is 0.0191. The zero-order valence-corrected chi connectivity index (χ0v) is 17.1. The fourth-order valence-corrected chi connectivity index (χ4v) is 3.49. The number of hydrogen-bond donors (Lipinski definition) is 2. The van der Waals surface area contributed by atoms with Gasteiger partial charge in [0.1, 0.15) is 11.9 Å². The van der Waals surface area contributed by atoms with Crippen LogP contribution in [0.2, 0.25) is 5.02 Å². The van der Waals surface area contributed by atoms with Gasteiger partial charge in [-0.2, -0.15) is 5.26 Å². The number of aromatic nitrogens is 1. The summed E-state index contributed by atoms with van der Waals surface area (Å²) >= 11 is 6.32. The minimum atomic E-state index is -0.281. The van der Waals surface area contributed by atoms with Crippen LogP contribution in [0.15, 0.2) is 30.5 Å². The first-order chi connectivity index (χ1) is 14.0. The van der Waals surface area contributed by atoms with Gasteiger partial charge in [0.05, 0.1) is 16.1 Å². The van der Waals surface area contributed by atoms with Gasteiger partial charge < -0.3 is 20.2 Å². The molecule has 152 valence electrons. The third-order valence-electron chi connectivity index (χ3n) is 4.96. The number of nitriles is 1. The van der Waals surface area contributed by atoms with Crippen LogP contribution in [-0.4, -0.2) is 67.3 Å². The van der Waals surface area contributed by atoms with Gasteiger partial charge in [0.15, 0.2) is 0 Å². The van der Waals surface area contributed by atoms with Gasteiger partial charge in [-0.05, 0) is 37.2 Å². The Morgan fingerprint density at radius 1 is 1.28 bits per heavy atom. The van der Waals surface area contributed by atoms with Crippen molar-refractivity contribution in [1.29, 1.82) is 5.26 Å². The van der Waals surface area contributed by atoms with Crippen molar-refractivity contribution in [3.63, 3.8) is 0 Å². The number of rotatable bonds is 6. The Kier molecular flexibility index (Phi) is 7.04. The Labute approximate surface area is 175 Å². The molecule has 0 aliphatic carbocycles. The number of likely N-dealkylation sites (N-methyl/N-ethyl adjacent to an activating group) is 1. The lowest BCUT2D eigenvalue weighted by molar-refractivity contribution is 0.0951. The molecule has 2 heterocycles. The highest BCUT2D eigenvalue weighted by Crippen LogP contribution is 2.29. The Morgan fingerprint density at radius 2 is 2.03 bits per heavy atom. The molecule has 0 unspecified atom stereocenters. The van der Waals surface area contributed by atoms with Crippen LogP contribution in [0.4, 0.5) is 5.82 Å². The molecule has 3 rings (SSSR count). The number of pyridine rings is 1. The number of nitrogens with one attached hydrogen (secondary N) is 1. The number of carbonyl (C=O) groups excluding carboxylic acids is 1. The molecule has 1 aromatic heterocycles. The van der Waals surface area contributed by atoms with E-state index in [2.05, 4.69) is 33.2 Å². The average molecular weight is 414 g/mol. The maximum absolute atomic E-state index is 12.2. The Hall–Kier alpha value is -2.66. The zero-order valence-electron chi connectivity index (χ0n) is 16.4. The molecular weight excluding hydrogens is 390 g/mol. The van der Waals surface area contributed by atoms with Crippen LogP contribution in [0.3, 0.4) is 0 Å². The number of benzene rings is 1. The van der Waals surface area contributed by atoms with Crippen LogP contribution in [0.1, 0.15) is 22.3 Å². The SMILES string of the molecule is CN1CCN(c2ncc(-c3ccc(C(=O)NCCCO)c(Cl)c3)cc2C#N)CC1. The summed E-state index contributed by atoms with van der Waals surface area (Å²) in [6.07, 6.45) is 2.23. The maximum atomic E-state index is 12.2.